The molecule has 0 radical (unpaired) electrons. The number of nitrogens with zero attached hydrogens (tertiary/aromatic N) is 1. The van der Waals surface area contributed by atoms with Crippen molar-refractivity contribution >= 4 is 0 Å². The number of nitro groups is 1. The summed E-state index contributed by atoms with van der Waals surface area (Å²) >= 11 is 0. The number of allylic oxidation sites excluding steroid dienone is 4. The molecule has 0 unspecified atom stereocenters. The molecule has 0 N–H and O–H groups in total. The summed E-state index contributed by atoms with van der Waals surface area (Å²) < 4.78 is 5.14. The van der Waals surface area contributed by atoms with Crippen LogP contribution in [0, 0.1) is 10.1 Å². The van der Waals surface area contributed by atoms with E-state index in [0.717, 1.165) is 17.8 Å². The zero-order chi connectivity index (χ0) is 9.84. The van der Waals surface area contributed by atoms with Crippen molar-refractivity contribution in [1.82, 2.24) is 0 Å². The van der Waals surface area contributed by atoms with Gasteiger partial charge in [-0.1, -0.05) is 6.92 Å². The van der Waals surface area contributed by atoms with Gasteiger partial charge in [0.2, 0.25) is 5.70 Å². The first-order chi connectivity index (χ1) is 6.19. The summed E-state index contributed by atoms with van der Waals surface area (Å²) in [4.78, 5) is 10.2. The van der Waals surface area contributed by atoms with Crippen LogP contribution in [0.25, 0.3) is 0 Å². The lowest BCUT2D eigenvalue weighted by Gasteiger charge is -2.13. The first-order valence-electron chi connectivity index (χ1n) is 4.30. The van der Waals surface area contributed by atoms with E-state index in [4.69, 9.17) is 4.74 Å². The smallest absolute Gasteiger partial charge is 0.247 e. The molecule has 0 aromatic heterocycles. The lowest BCUT2D eigenvalue weighted by molar-refractivity contribution is -0.428. The Balaban J connectivity index is 2.93. The monoisotopic (exact) mass is 183 g/mol. The van der Waals surface area contributed by atoms with Crippen LogP contribution in [-0.4, -0.2) is 12.0 Å². The molecule has 0 heterocycles. The highest BCUT2D eigenvalue weighted by atomic mass is 16.6. The van der Waals surface area contributed by atoms with E-state index < -0.39 is 0 Å². The molecule has 0 saturated carbocycles. The van der Waals surface area contributed by atoms with E-state index in [1.54, 1.807) is 13.2 Å². The molecule has 0 aromatic carbocycles. The third-order valence-electron chi connectivity index (χ3n) is 2.17. The van der Waals surface area contributed by atoms with Gasteiger partial charge >= 0.3 is 0 Å². The molecule has 0 fully saturated rings. The van der Waals surface area contributed by atoms with Gasteiger partial charge in [-0.25, -0.2) is 0 Å². The van der Waals surface area contributed by atoms with Crippen molar-refractivity contribution in [2.24, 2.45) is 0 Å². The fourth-order valence-electron chi connectivity index (χ4n) is 1.43. The molecule has 0 spiro atoms. The van der Waals surface area contributed by atoms with Crippen LogP contribution >= 0.6 is 0 Å². The Bertz CT molecular complexity index is 279. The molecule has 0 bridgehead atoms. The van der Waals surface area contributed by atoms with Crippen LogP contribution in [0.2, 0.25) is 0 Å². The minimum atomic E-state index is -0.317. The van der Waals surface area contributed by atoms with Crippen molar-refractivity contribution in [2.75, 3.05) is 7.11 Å². The maximum Gasteiger partial charge on any atom is 0.247 e. The average Bonchev–Trinajstić information content (AvgIpc) is 2.16. The second kappa shape index (κ2) is 4.07. The minimum absolute atomic E-state index is 0.289. The van der Waals surface area contributed by atoms with Crippen molar-refractivity contribution in [3.05, 3.63) is 33.2 Å². The fraction of sp³-hybridized carbons (Fsp3) is 0.556. The zero-order valence-electron chi connectivity index (χ0n) is 7.87. The molecule has 1 aliphatic rings. The van der Waals surface area contributed by atoms with Crippen molar-refractivity contribution < 1.29 is 9.66 Å². The van der Waals surface area contributed by atoms with Crippen LogP contribution in [0.15, 0.2) is 23.1 Å². The summed E-state index contributed by atoms with van der Waals surface area (Å²) in [6.07, 6.45) is 3.52. The molecule has 4 heteroatoms. The molecule has 13 heavy (non-hydrogen) atoms. The number of hydrogen-bond donors (Lipinski definition) is 0. The highest BCUT2D eigenvalue weighted by Gasteiger charge is 2.19. The van der Waals surface area contributed by atoms with E-state index in [1.165, 1.54) is 0 Å². The summed E-state index contributed by atoms with van der Waals surface area (Å²) in [6, 6.07) is 0. The molecule has 0 aromatic rings. The Labute approximate surface area is 77.0 Å². The van der Waals surface area contributed by atoms with Crippen LogP contribution in [0.3, 0.4) is 0 Å². The Kier molecular flexibility index (Phi) is 3.06. The molecular formula is C9H13NO3. The topological polar surface area (TPSA) is 52.4 Å². The predicted molar refractivity (Wildman–Crippen MR) is 48.6 cm³/mol. The first-order valence-corrected chi connectivity index (χ1v) is 4.30. The molecule has 0 aliphatic heterocycles. The summed E-state index contributed by atoms with van der Waals surface area (Å²) in [5.41, 5.74) is 1.23. The second-order valence-electron chi connectivity index (χ2n) is 2.90. The predicted octanol–water partition coefficient (Wildman–Crippen LogP) is 2.25. The van der Waals surface area contributed by atoms with Crippen molar-refractivity contribution in [3.63, 3.8) is 0 Å². The van der Waals surface area contributed by atoms with E-state index in [9.17, 15) is 10.1 Å². The SMILES string of the molecule is CCC1=C(OC)CCC([N+](=O)[O-])=C1. The Morgan fingerprint density at radius 1 is 1.62 bits per heavy atom. The van der Waals surface area contributed by atoms with E-state index >= 15 is 0 Å². The average molecular weight is 183 g/mol. The molecule has 4 nitrogen and oxygen atoms in total. The van der Waals surface area contributed by atoms with E-state index in [-0.39, 0.29) is 10.6 Å². The summed E-state index contributed by atoms with van der Waals surface area (Å²) in [5, 5.41) is 10.5. The van der Waals surface area contributed by atoms with Crippen LogP contribution in [0.5, 0.6) is 0 Å². The largest absolute Gasteiger partial charge is 0.501 e. The van der Waals surface area contributed by atoms with Crippen LogP contribution < -0.4 is 0 Å². The van der Waals surface area contributed by atoms with Gasteiger partial charge in [0.05, 0.1) is 17.8 Å². The normalized spacial score (nSPS) is 16.9. The van der Waals surface area contributed by atoms with Crippen LogP contribution in [0.1, 0.15) is 26.2 Å². The quantitative estimate of drug-likeness (QED) is 0.498. The molecule has 0 atom stereocenters. The van der Waals surface area contributed by atoms with E-state index in [0.29, 0.717) is 12.8 Å². The molecule has 0 saturated heterocycles. The second-order valence-corrected chi connectivity index (χ2v) is 2.90. The van der Waals surface area contributed by atoms with Crippen molar-refractivity contribution in [1.29, 1.82) is 0 Å². The third kappa shape index (κ3) is 2.08. The molecular weight excluding hydrogens is 170 g/mol. The number of rotatable bonds is 3. The van der Waals surface area contributed by atoms with Crippen molar-refractivity contribution in [2.45, 2.75) is 26.2 Å². The van der Waals surface area contributed by atoms with Gasteiger partial charge in [-0.05, 0) is 12.0 Å². The maximum atomic E-state index is 10.5. The zero-order valence-corrected chi connectivity index (χ0v) is 7.87. The molecule has 1 rings (SSSR count). The van der Waals surface area contributed by atoms with Crippen molar-refractivity contribution in [3.8, 4) is 0 Å². The van der Waals surface area contributed by atoms with Gasteiger partial charge in [0.25, 0.3) is 0 Å². The van der Waals surface area contributed by atoms with Gasteiger partial charge in [0.1, 0.15) is 0 Å². The number of methoxy groups -OCH3 is 1. The molecule has 72 valence electrons. The van der Waals surface area contributed by atoms with Gasteiger partial charge in [-0.3, -0.25) is 10.1 Å². The van der Waals surface area contributed by atoms with Crippen LogP contribution in [-0.2, 0) is 4.74 Å². The van der Waals surface area contributed by atoms with Gasteiger partial charge in [0.15, 0.2) is 0 Å². The van der Waals surface area contributed by atoms with Crippen LogP contribution in [0.4, 0.5) is 0 Å². The van der Waals surface area contributed by atoms with E-state index in [2.05, 4.69) is 0 Å². The Morgan fingerprint density at radius 3 is 2.77 bits per heavy atom. The maximum absolute atomic E-state index is 10.5. The lowest BCUT2D eigenvalue weighted by Crippen LogP contribution is -2.07. The minimum Gasteiger partial charge on any atom is -0.501 e. The molecule has 0 amide bonds. The van der Waals surface area contributed by atoms with Gasteiger partial charge in [-0.2, -0.15) is 0 Å². The standard InChI is InChI=1S/C9H13NO3/c1-3-7-6-8(10(11)12)4-5-9(7)13-2/h6H,3-5H2,1-2H3. The highest BCUT2D eigenvalue weighted by Crippen LogP contribution is 2.26. The van der Waals surface area contributed by atoms with Gasteiger partial charge in [-0.15, -0.1) is 0 Å². The highest BCUT2D eigenvalue weighted by molar-refractivity contribution is 5.28. The summed E-state index contributed by atoms with van der Waals surface area (Å²) in [6.45, 7) is 1.97. The van der Waals surface area contributed by atoms with E-state index in [1.807, 2.05) is 6.92 Å². The van der Waals surface area contributed by atoms with Gasteiger partial charge < -0.3 is 4.74 Å². The summed E-state index contributed by atoms with van der Waals surface area (Å²) in [5.74, 6) is 0.883. The molecule has 1 aliphatic carbocycles. The lowest BCUT2D eigenvalue weighted by atomic mass is 10.0. The third-order valence-corrected chi connectivity index (χ3v) is 2.17. The fourth-order valence-corrected chi connectivity index (χ4v) is 1.43. The Hall–Kier alpha value is -1.32. The summed E-state index contributed by atoms with van der Waals surface area (Å²) in [7, 11) is 1.61. The number of ether oxygens (including phenoxy) is 1. The van der Waals surface area contributed by atoms with Gasteiger partial charge in [0, 0.05) is 18.9 Å². The first kappa shape index (κ1) is 9.77. The Morgan fingerprint density at radius 2 is 2.31 bits per heavy atom. The number of hydrogen-bond acceptors (Lipinski definition) is 3.